The van der Waals surface area contributed by atoms with Crippen molar-refractivity contribution in [2.75, 3.05) is 18.5 Å². The fourth-order valence-electron chi connectivity index (χ4n) is 1.49. The van der Waals surface area contributed by atoms with Crippen LogP contribution >= 0.6 is 0 Å². The molecule has 1 aromatic heterocycles. The summed E-state index contributed by atoms with van der Waals surface area (Å²) < 4.78 is 5.52. The Hall–Kier alpha value is -2.70. The van der Waals surface area contributed by atoms with Gasteiger partial charge in [0, 0.05) is 6.54 Å². The molecule has 0 unspecified atom stereocenters. The first-order valence-electron chi connectivity index (χ1n) is 6.14. The normalized spacial score (nSPS) is 10.0. The van der Waals surface area contributed by atoms with Crippen molar-refractivity contribution >= 4 is 11.6 Å². The molecule has 1 aromatic carbocycles. The maximum Gasteiger partial charge on any atom is 0.305 e. The lowest BCUT2D eigenvalue weighted by atomic mass is 10.3. The van der Waals surface area contributed by atoms with Gasteiger partial charge in [0.2, 0.25) is 5.95 Å². The zero-order chi connectivity index (χ0) is 14.2. The molecule has 0 bridgehead atoms. The van der Waals surface area contributed by atoms with Crippen LogP contribution in [0, 0.1) is 10.1 Å². The molecular formula is C13H14N4O3. The summed E-state index contributed by atoms with van der Waals surface area (Å²) in [7, 11) is 0. The van der Waals surface area contributed by atoms with Crippen molar-refractivity contribution in [3.05, 3.63) is 52.8 Å². The Morgan fingerprint density at radius 1 is 1.20 bits per heavy atom. The molecule has 0 fully saturated rings. The van der Waals surface area contributed by atoms with Crippen molar-refractivity contribution in [3.63, 3.8) is 0 Å². The minimum Gasteiger partial charge on any atom is -0.494 e. The highest BCUT2D eigenvalue weighted by Crippen LogP contribution is 2.09. The second-order valence-corrected chi connectivity index (χ2v) is 3.96. The number of rotatable bonds is 7. The fourth-order valence-corrected chi connectivity index (χ4v) is 1.49. The number of hydrogen-bond donors (Lipinski definition) is 1. The number of nitrogens with zero attached hydrogens (tertiary/aromatic N) is 3. The van der Waals surface area contributed by atoms with E-state index in [4.69, 9.17) is 4.74 Å². The third-order valence-corrected chi connectivity index (χ3v) is 2.47. The Labute approximate surface area is 115 Å². The third kappa shape index (κ3) is 4.20. The fraction of sp³-hybridized carbons (Fsp3) is 0.231. The van der Waals surface area contributed by atoms with Crippen LogP contribution in [0.25, 0.3) is 0 Å². The second kappa shape index (κ2) is 7.03. The Morgan fingerprint density at radius 3 is 2.55 bits per heavy atom. The van der Waals surface area contributed by atoms with Crippen LogP contribution in [0.2, 0.25) is 0 Å². The lowest BCUT2D eigenvalue weighted by molar-refractivity contribution is -0.385. The lowest BCUT2D eigenvalue weighted by Gasteiger charge is -2.06. The van der Waals surface area contributed by atoms with Gasteiger partial charge in [-0.05, 0) is 18.6 Å². The van der Waals surface area contributed by atoms with E-state index in [0.717, 1.165) is 12.2 Å². The van der Waals surface area contributed by atoms with Crippen LogP contribution in [0.1, 0.15) is 6.42 Å². The molecule has 104 valence electrons. The Bertz CT molecular complexity index is 545. The Balaban J connectivity index is 1.67. The molecule has 2 rings (SSSR count). The highest BCUT2D eigenvalue weighted by Gasteiger charge is 2.05. The van der Waals surface area contributed by atoms with Crippen LogP contribution in [0.15, 0.2) is 42.7 Å². The first-order chi connectivity index (χ1) is 9.75. The van der Waals surface area contributed by atoms with E-state index in [1.54, 1.807) is 0 Å². The van der Waals surface area contributed by atoms with Crippen molar-refractivity contribution in [3.8, 4) is 5.75 Å². The molecule has 0 atom stereocenters. The molecule has 0 aliphatic heterocycles. The summed E-state index contributed by atoms with van der Waals surface area (Å²) >= 11 is 0. The summed E-state index contributed by atoms with van der Waals surface area (Å²) in [4.78, 5) is 17.6. The minimum absolute atomic E-state index is 0.122. The van der Waals surface area contributed by atoms with E-state index in [2.05, 4.69) is 15.3 Å². The number of benzene rings is 1. The molecule has 7 nitrogen and oxygen atoms in total. The quantitative estimate of drug-likeness (QED) is 0.473. The van der Waals surface area contributed by atoms with Crippen molar-refractivity contribution in [2.24, 2.45) is 0 Å². The van der Waals surface area contributed by atoms with Gasteiger partial charge in [0.05, 0.1) is 11.5 Å². The Morgan fingerprint density at radius 2 is 1.90 bits per heavy atom. The van der Waals surface area contributed by atoms with Crippen LogP contribution in [0.3, 0.4) is 0 Å². The van der Waals surface area contributed by atoms with E-state index in [1.807, 2.05) is 30.3 Å². The van der Waals surface area contributed by atoms with Crippen molar-refractivity contribution < 1.29 is 9.66 Å². The van der Waals surface area contributed by atoms with E-state index in [-0.39, 0.29) is 5.69 Å². The zero-order valence-corrected chi connectivity index (χ0v) is 10.7. The molecule has 0 aliphatic rings. The first kappa shape index (κ1) is 13.7. The monoisotopic (exact) mass is 274 g/mol. The van der Waals surface area contributed by atoms with Gasteiger partial charge in [-0.15, -0.1) is 0 Å². The van der Waals surface area contributed by atoms with E-state index in [0.29, 0.717) is 19.1 Å². The van der Waals surface area contributed by atoms with Gasteiger partial charge in [0.25, 0.3) is 0 Å². The third-order valence-electron chi connectivity index (χ3n) is 2.47. The molecule has 0 amide bonds. The van der Waals surface area contributed by atoms with Gasteiger partial charge in [0.1, 0.15) is 18.1 Å². The molecule has 0 saturated heterocycles. The summed E-state index contributed by atoms with van der Waals surface area (Å²) in [5.41, 5.74) is -0.122. The van der Waals surface area contributed by atoms with E-state index in [1.165, 1.54) is 12.4 Å². The van der Waals surface area contributed by atoms with Crippen LogP contribution in [-0.2, 0) is 0 Å². The van der Waals surface area contributed by atoms with Gasteiger partial charge < -0.3 is 10.1 Å². The second-order valence-electron chi connectivity index (χ2n) is 3.96. The largest absolute Gasteiger partial charge is 0.494 e. The highest BCUT2D eigenvalue weighted by molar-refractivity contribution is 5.30. The maximum atomic E-state index is 10.4. The number of para-hydroxylation sites is 1. The van der Waals surface area contributed by atoms with E-state index >= 15 is 0 Å². The van der Waals surface area contributed by atoms with E-state index in [9.17, 15) is 10.1 Å². The average Bonchev–Trinajstić information content (AvgIpc) is 2.48. The van der Waals surface area contributed by atoms with Gasteiger partial charge >= 0.3 is 5.69 Å². The number of nitro groups is 1. The smallest absolute Gasteiger partial charge is 0.305 e. The first-order valence-corrected chi connectivity index (χ1v) is 6.14. The molecule has 20 heavy (non-hydrogen) atoms. The highest BCUT2D eigenvalue weighted by atomic mass is 16.6. The van der Waals surface area contributed by atoms with E-state index < -0.39 is 4.92 Å². The van der Waals surface area contributed by atoms with Crippen LogP contribution in [0.5, 0.6) is 5.75 Å². The van der Waals surface area contributed by atoms with Gasteiger partial charge in [0.15, 0.2) is 0 Å². The van der Waals surface area contributed by atoms with Gasteiger partial charge in [-0.2, -0.15) is 0 Å². The molecule has 7 heteroatoms. The minimum atomic E-state index is -0.530. The summed E-state index contributed by atoms with van der Waals surface area (Å²) in [6.45, 7) is 1.20. The Kier molecular flexibility index (Phi) is 4.82. The topological polar surface area (TPSA) is 90.2 Å². The molecule has 0 radical (unpaired) electrons. The predicted molar refractivity (Wildman–Crippen MR) is 73.7 cm³/mol. The van der Waals surface area contributed by atoms with Gasteiger partial charge in [-0.3, -0.25) is 10.1 Å². The summed E-state index contributed by atoms with van der Waals surface area (Å²) in [5.74, 6) is 1.20. The van der Waals surface area contributed by atoms with Crippen LogP contribution < -0.4 is 10.1 Å². The van der Waals surface area contributed by atoms with Crippen molar-refractivity contribution in [2.45, 2.75) is 6.42 Å². The average molecular weight is 274 g/mol. The number of hydrogen-bond acceptors (Lipinski definition) is 6. The molecule has 0 aliphatic carbocycles. The summed E-state index contributed by atoms with van der Waals surface area (Å²) in [5, 5.41) is 13.4. The number of aromatic nitrogens is 2. The summed E-state index contributed by atoms with van der Waals surface area (Å²) in [6.07, 6.45) is 3.13. The van der Waals surface area contributed by atoms with Crippen molar-refractivity contribution in [1.29, 1.82) is 0 Å². The zero-order valence-electron chi connectivity index (χ0n) is 10.7. The SMILES string of the molecule is O=[N+]([O-])c1cnc(NCCCOc2ccccc2)nc1. The van der Waals surface area contributed by atoms with Crippen molar-refractivity contribution in [1.82, 2.24) is 9.97 Å². The molecule has 0 saturated carbocycles. The number of ether oxygens (including phenoxy) is 1. The molecule has 1 heterocycles. The van der Waals surface area contributed by atoms with Crippen LogP contribution in [-0.4, -0.2) is 28.0 Å². The van der Waals surface area contributed by atoms with Gasteiger partial charge in [-0.1, -0.05) is 18.2 Å². The molecular weight excluding hydrogens is 260 g/mol. The molecule has 2 aromatic rings. The maximum absolute atomic E-state index is 10.4. The van der Waals surface area contributed by atoms with Crippen LogP contribution in [0.4, 0.5) is 11.6 Å². The predicted octanol–water partition coefficient (Wildman–Crippen LogP) is 2.27. The summed E-state index contributed by atoms with van der Waals surface area (Å²) in [6, 6.07) is 9.55. The van der Waals surface area contributed by atoms with Gasteiger partial charge in [-0.25, -0.2) is 9.97 Å². The number of nitrogens with one attached hydrogen (secondary N) is 1. The molecule has 0 spiro atoms. The number of anilines is 1. The molecule has 1 N–H and O–H groups in total. The lowest BCUT2D eigenvalue weighted by Crippen LogP contribution is -2.09. The standard InChI is InChI=1S/C13H14N4O3/c18-17(19)11-9-15-13(16-10-11)14-7-4-8-20-12-5-2-1-3-6-12/h1-3,5-6,9-10H,4,7-8H2,(H,14,15,16).